The normalized spacial score (nSPS) is 19.3. The van der Waals surface area contributed by atoms with Crippen LogP contribution >= 0.6 is 0 Å². The zero-order chi connectivity index (χ0) is 12.0. The molecule has 0 aliphatic rings. The van der Waals surface area contributed by atoms with Gasteiger partial charge in [-0.15, -0.1) is 0 Å². The molecule has 14 heavy (non-hydrogen) atoms. The molecule has 86 valence electrons. The van der Waals surface area contributed by atoms with Crippen LogP contribution in [0.3, 0.4) is 0 Å². The van der Waals surface area contributed by atoms with Crippen LogP contribution in [0.2, 0.25) is 0 Å². The van der Waals surface area contributed by atoms with E-state index in [1.54, 1.807) is 0 Å². The fourth-order valence-electron chi connectivity index (χ4n) is 0.366. The van der Waals surface area contributed by atoms with Gasteiger partial charge in [0.2, 0.25) is 0 Å². The summed E-state index contributed by atoms with van der Waals surface area (Å²) in [6, 6.07) is 0. The average molecular weight is 236 g/mol. The van der Waals surface area contributed by atoms with E-state index in [4.69, 9.17) is 5.11 Å². The lowest BCUT2D eigenvalue weighted by Gasteiger charge is -2.31. The van der Waals surface area contributed by atoms with E-state index >= 15 is 0 Å². The van der Waals surface area contributed by atoms with Crippen molar-refractivity contribution in [3.8, 4) is 0 Å². The third kappa shape index (κ3) is 1.74. The maximum Gasteiger partial charge on any atom is 0.459 e. The minimum absolute atomic E-state index is 6.64. The molecule has 10 heteroatoms. The first-order valence-electron chi connectivity index (χ1n) is 2.67. The Morgan fingerprint density at radius 3 is 0.929 bits per heavy atom. The molecule has 0 spiro atoms. The van der Waals surface area contributed by atoms with Crippen LogP contribution in [0.15, 0.2) is 0 Å². The zero-order valence-corrected chi connectivity index (χ0v) is 5.85. The molecule has 1 nitrogen and oxygen atoms in total. The Hall–Kier alpha value is -0.670. The molecule has 0 amide bonds. The second-order valence-electron chi connectivity index (χ2n) is 2.19. The SMILES string of the molecule is OC(F)(C(F)(F)F)C(F)(F)C(F)(F)F. The quantitative estimate of drug-likeness (QED) is 0.693. The molecule has 0 radical (unpaired) electrons. The number of rotatable bonds is 1. The minimum Gasteiger partial charge on any atom is -0.350 e. The maximum atomic E-state index is 11.8. The first-order valence-corrected chi connectivity index (χ1v) is 2.67. The Bertz CT molecular complexity index is 186. The highest BCUT2D eigenvalue weighted by Gasteiger charge is 2.81. The van der Waals surface area contributed by atoms with Crippen molar-refractivity contribution in [2.45, 2.75) is 24.1 Å². The predicted molar refractivity (Wildman–Crippen MR) is 23.1 cm³/mol. The molecule has 0 aromatic carbocycles. The van der Waals surface area contributed by atoms with Crippen molar-refractivity contribution in [3.63, 3.8) is 0 Å². The molecule has 1 N–H and O–H groups in total. The Labute approximate surface area is 70.1 Å². The molecule has 0 saturated carbocycles. The van der Waals surface area contributed by atoms with Gasteiger partial charge in [0.05, 0.1) is 0 Å². The molecule has 0 bridgehead atoms. The van der Waals surface area contributed by atoms with E-state index in [2.05, 4.69) is 0 Å². The van der Waals surface area contributed by atoms with E-state index in [1.807, 2.05) is 0 Å². The van der Waals surface area contributed by atoms with E-state index in [1.165, 1.54) is 0 Å². The highest BCUT2D eigenvalue weighted by molar-refractivity contribution is 4.95. The van der Waals surface area contributed by atoms with Gasteiger partial charge in [0.1, 0.15) is 0 Å². The molecule has 0 saturated heterocycles. The molecule has 0 fully saturated rings. The molecule has 0 aromatic heterocycles. The van der Waals surface area contributed by atoms with E-state index in [9.17, 15) is 39.5 Å². The molecule has 0 aliphatic carbocycles. The standard InChI is InChI=1S/C4HF9O/c5-1(6,3(8,9)10)2(7,14)4(11,12)13/h14H. The van der Waals surface area contributed by atoms with Crippen molar-refractivity contribution >= 4 is 0 Å². The summed E-state index contributed by atoms with van der Waals surface area (Å²) in [5, 5.41) is 7.45. The lowest BCUT2D eigenvalue weighted by molar-refractivity contribution is -0.441. The number of halogens is 9. The lowest BCUT2D eigenvalue weighted by atomic mass is 10.1. The summed E-state index contributed by atoms with van der Waals surface area (Å²) >= 11 is 0. The summed E-state index contributed by atoms with van der Waals surface area (Å²) in [7, 11) is 0. The van der Waals surface area contributed by atoms with E-state index < -0.39 is 24.1 Å². The Kier molecular flexibility index (Phi) is 2.77. The molecule has 0 rings (SSSR count). The summed E-state index contributed by atoms with van der Waals surface area (Å²) in [4.78, 5) is 0. The molecular weight excluding hydrogens is 235 g/mol. The van der Waals surface area contributed by atoms with E-state index in [0.717, 1.165) is 0 Å². The van der Waals surface area contributed by atoms with Crippen molar-refractivity contribution in [2.75, 3.05) is 0 Å². The minimum atomic E-state index is -6.92. The number of hydrogen-bond donors (Lipinski definition) is 1. The van der Waals surface area contributed by atoms with E-state index in [0.29, 0.717) is 0 Å². The van der Waals surface area contributed by atoms with Gasteiger partial charge in [0, 0.05) is 0 Å². The zero-order valence-electron chi connectivity index (χ0n) is 5.85. The van der Waals surface area contributed by atoms with Gasteiger partial charge in [-0.3, -0.25) is 0 Å². The van der Waals surface area contributed by atoms with Crippen LogP contribution in [0, 0.1) is 0 Å². The van der Waals surface area contributed by atoms with Gasteiger partial charge in [-0.1, -0.05) is 0 Å². The fourth-order valence-corrected chi connectivity index (χ4v) is 0.366. The van der Waals surface area contributed by atoms with Crippen molar-refractivity contribution in [1.82, 2.24) is 0 Å². The van der Waals surface area contributed by atoms with Gasteiger partial charge in [0.25, 0.3) is 0 Å². The highest BCUT2D eigenvalue weighted by atomic mass is 19.4. The first-order chi connectivity index (χ1) is 5.75. The molecule has 0 aliphatic heterocycles. The summed E-state index contributed by atoms with van der Waals surface area (Å²) in [5.74, 6) is -13.6. The molecular formula is C4HF9O. The smallest absolute Gasteiger partial charge is 0.350 e. The lowest BCUT2D eigenvalue weighted by Crippen LogP contribution is -2.62. The Morgan fingerprint density at radius 1 is 0.571 bits per heavy atom. The predicted octanol–water partition coefficient (Wildman–Crippen LogP) is 2.40. The Morgan fingerprint density at radius 2 is 0.857 bits per heavy atom. The van der Waals surface area contributed by atoms with E-state index in [-0.39, 0.29) is 0 Å². The van der Waals surface area contributed by atoms with Crippen LogP contribution in [0.25, 0.3) is 0 Å². The molecule has 1 unspecified atom stereocenters. The Balaban J connectivity index is 5.30. The topological polar surface area (TPSA) is 20.2 Å². The average Bonchev–Trinajstić information content (AvgIpc) is 1.81. The number of aliphatic hydroxyl groups is 1. The van der Waals surface area contributed by atoms with Gasteiger partial charge in [-0.25, -0.2) is 0 Å². The fraction of sp³-hybridized carbons (Fsp3) is 1.00. The summed E-state index contributed by atoms with van der Waals surface area (Å²) in [6.07, 6.45) is -13.6. The van der Waals surface area contributed by atoms with Gasteiger partial charge in [-0.2, -0.15) is 39.5 Å². The van der Waals surface area contributed by atoms with Crippen LogP contribution in [0.5, 0.6) is 0 Å². The van der Waals surface area contributed by atoms with Crippen molar-refractivity contribution in [3.05, 3.63) is 0 Å². The number of hydrogen-bond acceptors (Lipinski definition) is 1. The monoisotopic (exact) mass is 236 g/mol. The second kappa shape index (κ2) is 2.91. The highest BCUT2D eigenvalue weighted by Crippen LogP contribution is 2.50. The van der Waals surface area contributed by atoms with Crippen LogP contribution < -0.4 is 0 Å². The summed E-state index contributed by atoms with van der Waals surface area (Å²) < 4.78 is 103. The van der Waals surface area contributed by atoms with Crippen molar-refractivity contribution < 1.29 is 44.6 Å². The van der Waals surface area contributed by atoms with Gasteiger partial charge in [-0.05, 0) is 0 Å². The van der Waals surface area contributed by atoms with Gasteiger partial charge in [0.15, 0.2) is 0 Å². The summed E-state index contributed by atoms with van der Waals surface area (Å²) in [5.41, 5.74) is 0. The molecule has 0 heterocycles. The van der Waals surface area contributed by atoms with Crippen LogP contribution in [0.1, 0.15) is 0 Å². The molecule has 1 atom stereocenters. The maximum absolute atomic E-state index is 11.8. The number of alkyl halides is 9. The van der Waals surface area contributed by atoms with Crippen molar-refractivity contribution in [2.24, 2.45) is 0 Å². The van der Waals surface area contributed by atoms with Crippen LogP contribution in [0.4, 0.5) is 39.5 Å². The van der Waals surface area contributed by atoms with Gasteiger partial charge >= 0.3 is 24.1 Å². The molecule has 0 aromatic rings. The second-order valence-corrected chi connectivity index (χ2v) is 2.19. The summed E-state index contributed by atoms with van der Waals surface area (Å²) in [6.45, 7) is 0. The first kappa shape index (κ1) is 13.3. The largest absolute Gasteiger partial charge is 0.459 e. The van der Waals surface area contributed by atoms with Crippen molar-refractivity contribution in [1.29, 1.82) is 0 Å². The van der Waals surface area contributed by atoms with Crippen LogP contribution in [-0.2, 0) is 0 Å². The third-order valence-electron chi connectivity index (χ3n) is 1.15. The van der Waals surface area contributed by atoms with Crippen LogP contribution in [-0.4, -0.2) is 29.2 Å². The van der Waals surface area contributed by atoms with Gasteiger partial charge < -0.3 is 5.11 Å². The third-order valence-corrected chi connectivity index (χ3v) is 1.15.